The Kier molecular flexibility index (Phi) is 9.12. The van der Waals surface area contributed by atoms with E-state index in [2.05, 4.69) is 53.5 Å². The van der Waals surface area contributed by atoms with Crippen LogP contribution in [0.4, 0.5) is 5.69 Å². The van der Waals surface area contributed by atoms with Crippen molar-refractivity contribution in [2.45, 2.75) is 52.5 Å². The van der Waals surface area contributed by atoms with E-state index < -0.39 is 0 Å². The van der Waals surface area contributed by atoms with Crippen molar-refractivity contribution >= 4 is 17.5 Å². The van der Waals surface area contributed by atoms with Gasteiger partial charge < -0.3 is 16.0 Å². The zero-order valence-electron chi connectivity index (χ0n) is 24.7. The fraction of sp³-hybridized carbons (Fsp3) is 0.353. The van der Waals surface area contributed by atoms with Gasteiger partial charge in [-0.3, -0.25) is 19.3 Å². The van der Waals surface area contributed by atoms with E-state index >= 15 is 0 Å². The van der Waals surface area contributed by atoms with Crippen molar-refractivity contribution in [2.75, 3.05) is 25.0 Å². The van der Waals surface area contributed by atoms with Crippen LogP contribution >= 0.6 is 0 Å². The molecule has 0 atom stereocenters. The summed E-state index contributed by atoms with van der Waals surface area (Å²) in [5.74, 6) is 0.675. The van der Waals surface area contributed by atoms with E-state index in [0.29, 0.717) is 54.8 Å². The van der Waals surface area contributed by atoms with Gasteiger partial charge in [0, 0.05) is 54.5 Å². The van der Waals surface area contributed by atoms with Crippen LogP contribution in [-0.4, -0.2) is 51.1 Å². The molecule has 2 aromatic heterocycles. The Morgan fingerprint density at radius 1 is 0.976 bits per heavy atom. The molecule has 1 aliphatic rings. The summed E-state index contributed by atoms with van der Waals surface area (Å²) >= 11 is 0. The van der Waals surface area contributed by atoms with Gasteiger partial charge in [-0.05, 0) is 79.0 Å². The lowest BCUT2D eigenvalue weighted by Gasteiger charge is -2.32. The predicted octanol–water partition coefficient (Wildman–Crippen LogP) is 5.68. The summed E-state index contributed by atoms with van der Waals surface area (Å²) < 4.78 is 1.87. The van der Waals surface area contributed by atoms with E-state index in [4.69, 9.17) is 5.73 Å². The summed E-state index contributed by atoms with van der Waals surface area (Å²) in [5.41, 5.74) is 12.7. The Hall–Kier alpha value is -4.30. The van der Waals surface area contributed by atoms with Crippen molar-refractivity contribution in [3.05, 3.63) is 101 Å². The van der Waals surface area contributed by atoms with Gasteiger partial charge >= 0.3 is 0 Å². The van der Waals surface area contributed by atoms with Crippen LogP contribution in [0.3, 0.4) is 0 Å². The molecule has 1 saturated heterocycles. The van der Waals surface area contributed by atoms with Crippen LogP contribution in [0.5, 0.6) is 0 Å². The molecule has 2 amide bonds. The number of nitrogens with one attached hydrogen (secondary N) is 1. The average Bonchev–Trinajstić information content (AvgIpc) is 3.47. The SMILES string of the molecule is Cc1ccc(C(=O)N2CCC(c3ccc(-c4cnn(CCN)c4)cc3)CC2)cc1NC(=O)c1ccc(CC(C)C)nc1. The third-order valence-electron chi connectivity index (χ3n) is 7.93. The van der Waals surface area contributed by atoms with Gasteiger partial charge in [0.05, 0.1) is 18.3 Å². The van der Waals surface area contributed by atoms with Crippen molar-refractivity contribution in [2.24, 2.45) is 11.7 Å². The van der Waals surface area contributed by atoms with Crippen LogP contribution < -0.4 is 11.1 Å². The van der Waals surface area contributed by atoms with Crippen LogP contribution in [0.25, 0.3) is 11.1 Å². The Balaban J connectivity index is 1.18. The van der Waals surface area contributed by atoms with Gasteiger partial charge in [0.1, 0.15) is 0 Å². The summed E-state index contributed by atoms with van der Waals surface area (Å²) in [6, 6.07) is 17.9. The Bertz CT molecular complexity index is 1520. The average molecular weight is 565 g/mol. The highest BCUT2D eigenvalue weighted by molar-refractivity contribution is 6.05. The first-order valence-corrected chi connectivity index (χ1v) is 14.8. The van der Waals surface area contributed by atoms with Gasteiger partial charge in [0.25, 0.3) is 11.8 Å². The summed E-state index contributed by atoms with van der Waals surface area (Å²) in [4.78, 5) is 32.7. The largest absolute Gasteiger partial charge is 0.339 e. The van der Waals surface area contributed by atoms with Crippen LogP contribution in [0.15, 0.2) is 73.2 Å². The molecule has 0 spiro atoms. The molecule has 0 saturated carbocycles. The van der Waals surface area contributed by atoms with Crippen LogP contribution in [-0.2, 0) is 13.0 Å². The highest BCUT2D eigenvalue weighted by Crippen LogP contribution is 2.31. The number of rotatable bonds is 9. The van der Waals surface area contributed by atoms with Crippen molar-refractivity contribution < 1.29 is 9.59 Å². The fourth-order valence-electron chi connectivity index (χ4n) is 5.50. The number of pyridine rings is 1. The number of carbonyl (C=O) groups excluding carboxylic acids is 2. The Labute approximate surface area is 248 Å². The molecule has 3 heterocycles. The zero-order chi connectivity index (χ0) is 29.6. The molecule has 0 unspecified atom stereocenters. The highest BCUT2D eigenvalue weighted by atomic mass is 16.2. The second-order valence-electron chi connectivity index (χ2n) is 11.6. The van der Waals surface area contributed by atoms with Crippen molar-refractivity contribution in [1.29, 1.82) is 0 Å². The number of benzene rings is 2. The van der Waals surface area contributed by atoms with E-state index in [1.807, 2.05) is 47.1 Å². The number of aromatic nitrogens is 3. The van der Waals surface area contributed by atoms with E-state index in [1.165, 1.54) is 5.56 Å². The lowest BCUT2D eigenvalue weighted by atomic mass is 9.88. The highest BCUT2D eigenvalue weighted by Gasteiger charge is 2.25. The second-order valence-corrected chi connectivity index (χ2v) is 11.6. The number of hydrogen-bond donors (Lipinski definition) is 2. The number of anilines is 1. The van der Waals surface area contributed by atoms with Gasteiger partial charge in [-0.25, -0.2) is 0 Å². The van der Waals surface area contributed by atoms with E-state index in [9.17, 15) is 9.59 Å². The number of piperidine rings is 1. The second kappa shape index (κ2) is 13.1. The molecule has 0 aliphatic carbocycles. The lowest BCUT2D eigenvalue weighted by molar-refractivity contribution is 0.0712. The first kappa shape index (κ1) is 29.2. The molecule has 0 bridgehead atoms. The fourth-order valence-corrected chi connectivity index (χ4v) is 5.50. The van der Waals surface area contributed by atoms with Crippen molar-refractivity contribution in [3.63, 3.8) is 0 Å². The standard InChI is InChI=1S/C34H40N6O2/c1-23(2)18-31-11-10-29(20-36-31)33(41)38-32-19-28(5-4-24(32)3)34(42)39-15-12-27(13-16-39)25-6-8-26(9-7-25)30-21-37-40(22-30)17-14-35/h4-11,19-23,27H,12-18,35H2,1-3H3,(H,38,41). The lowest BCUT2D eigenvalue weighted by Crippen LogP contribution is -2.38. The van der Waals surface area contributed by atoms with Crippen molar-refractivity contribution in [3.8, 4) is 11.1 Å². The Morgan fingerprint density at radius 2 is 1.71 bits per heavy atom. The number of nitrogens with two attached hydrogens (primary N) is 1. The molecule has 8 heteroatoms. The Morgan fingerprint density at radius 3 is 2.38 bits per heavy atom. The minimum atomic E-state index is -0.234. The molecule has 42 heavy (non-hydrogen) atoms. The smallest absolute Gasteiger partial charge is 0.257 e. The molecule has 218 valence electrons. The quantitative estimate of drug-likeness (QED) is 0.272. The molecule has 0 radical (unpaired) electrons. The minimum Gasteiger partial charge on any atom is -0.339 e. The maximum Gasteiger partial charge on any atom is 0.257 e. The maximum atomic E-state index is 13.4. The summed E-state index contributed by atoms with van der Waals surface area (Å²) in [5, 5.41) is 7.35. The first-order valence-electron chi connectivity index (χ1n) is 14.8. The summed E-state index contributed by atoms with van der Waals surface area (Å²) in [7, 11) is 0. The number of amides is 2. The summed E-state index contributed by atoms with van der Waals surface area (Å²) in [6.45, 7) is 8.87. The molecular weight excluding hydrogens is 524 g/mol. The minimum absolute atomic E-state index is 0.00602. The molecule has 1 fully saturated rings. The van der Waals surface area contributed by atoms with Crippen LogP contribution in [0.1, 0.15) is 70.1 Å². The van der Waals surface area contributed by atoms with Gasteiger partial charge in [0.15, 0.2) is 0 Å². The van der Waals surface area contributed by atoms with Gasteiger partial charge in [-0.2, -0.15) is 5.10 Å². The number of nitrogens with zero attached hydrogens (tertiary/aromatic N) is 4. The molecule has 2 aromatic carbocycles. The zero-order valence-corrected chi connectivity index (χ0v) is 24.7. The number of carbonyl (C=O) groups is 2. The van der Waals surface area contributed by atoms with Gasteiger partial charge in [-0.15, -0.1) is 0 Å². The molecule has 8 nitrogen and oxygen atoms in total. The number of aryl methyl sites for hydroxylation is 1. The number of hydrogen-bond acceptors (Lipinski definition) is 5. The summed E-state index contributed by atoms with van der Waals surface area (Å²) in [6.07, 6.45) is 8.21. The topological polar surface area (TPSA) is 106 Å². The third-order valence-corrected chi connectivity index (χ3v) is 7.93. The van der Waals surface area contributed by atoms with Crippen molar-refractivity contribution in [1.82, 2.24) is 19.7 Å². The van der Waals surface area contributed by atoms with E-state index in [1.54, 1.807) is 18.3 Å². The van der Waals surface area contributed by atoms with E-state index in [0.717, 1.165) is 41.6 Å². The molecular formula is C34H40N6O2. The molecule has 4 aromatic rings. The van der Waals surface area contributed by atoms with Crippen LogP contribution in [0, 0.1) is 12.8 Å². The predicted molar refractivity (Wildman–Crippen MR) is 167 cm³/mol. The molecule has 1 aliphatic heterocycles. The first-order chi connectivity index (χ1) is 20.3. The molecule has 3 N–H and O–H groups in total. The number of likely N-dealkylation sites (tertiary alicyclic amines) is 1. The normalized spacial score (nSPS) is 13.9. The van der Waals surface area contributed by atoms with E-state index in [-0.39, 0.29) is 11.8 Å². The maximum absolute atomic E-state index is 13.4. The van der Waals surface area contributed by atoms with Gasteiger partial charge in [0.2, 0.25) is 0 Å². The van der Waals surface area contributed by atoms with Gasteiger partial charge in [-0.1, -0.05) is 44.2 Å². The monoisotopic (exact) mass is 564 g/mol. The molecule has 5 rings (SSSR count). The third kappa shape index (κ3) is 6.94. The van der Waals surface area contributed by atoms with Crippen LogP contribution in [0.2, 0.25) is 0 Å².